The second kappa shape index (κ2) is 36.8. The molecule has 0 aliphatic rings. The predicted molar refractivity (Wildman–Crippen MR) is 217 cm³/mol. The second-order valence-electron chi connectivity index (χ2n) is 12.0. The Kier molecular flexibility index (Phi) is 34.3. The van der Waals surface area contributed by atoms with Crippen LogP contribution in [0.3, 0.4) is 0 Å². The van der Waals surface area contributed by atoms with Gasteiger partial charge in [-0.3, -0.25) is 14.1 Å². The molecule has 0 saturated heterocycles. The Morgan fingerprint density at radius 3 is 1.55 bits per heavy atom. The average Bonchev–Trinajstić information content (AvgIpc) is 3.12. The minimum Gasteiger partial charge on any atom is -0.462 e. The molecule has 0 bridgehead atoms. The first-order valence-corrected chi connectivity index (χ1v) is 20.5. The molecule has 0 rings (SSSR count). The highest BCUT2D eigenvalue weighted by atomic mass is 31.2. The predicted octanol–water partition coefficient (Wildman–Crippen LogP) is 10.4. The molecule has 0 aromatic carbocycles. The molecule has 53 heavy (non-hydrogen) atoms. The molecule has 0 radical (unpaired) electrons. The summed E-state index contributed by atoms with van der Waals surface area (Å²) in [7, 11) is -4.84. The standard InChI is InChI=1S/C43H65O9P/c1-3-5-7-9-11-13-15-17-19-21-22-24-26-28-30-32-34-40(44)36-37-43(46)52-41(39-51-53(47,48)49)38-50-42(45)35-33-31-29-27-25-23-20-18-16-14-12-10-8-6-4-2/h5-8,11-14,17-20,22,24-25,27-28,30,32,34,40-41,44H,3-4,9-10,15-16,21,23,26,29,31,33,35-39H2,1-2H3,(H2,47,48,49)/b7-5-,8-6-,13-11-,14-12-,19-17-,20-18-,24-22-,27-25-,30-28-,34-32-/t40?,41-/m1/s1. The van der Waals surface area contributed by atoms with Crippen LogP contribution in [-0.2, 0) is 28.2 Å². The Labute approximate surface area is 319 Å². The first-order chi connectivity index (χ1) is 25.7. The summed E-state index contributed by atoms with van der Waals surface area (Å²) in [5, 5.41) is 10.2. The van der Waals surface area contributed by atoms with Gasteiger partial charge in [0.25, 0.3) is 0 Å². The summed E-state index contributed by atoms with van der Waals surface area (Å²) in [4.78, 5) is 42.7. The van der Waals surface area contributed by atoms with Crippen LogP contribution in [0.15, 0.2) is 122 Å². The Morgan fingerprint density at radius 2 is 1.06 bits per heavy atom. The fraction of sp³-hybridized carbons (Fsp3) is 0.488. The lowest BCUT2D eigenvalue weighted by Gasteiger charge is -2.18. The van der Waals surface area contributed by atoms with Gasteiger partial charge >= 0.3 is 19.8 Å². The van der Waals surface area contributed by atoms with Crippen LogP contribution in [0.5, 0.6) is 0 Å². The number of allylic oxidation sites excluding steroid dienone is 19. The van der Waals surface area contributed by atoms with E-state index in [1.54, 1.807) is 12.2 Å². The van der Waals surface area contributed by atoms with Gasteiger partial charge in [0.05, 0.1) is 12.7 Å². The van der Waals surface area contributed by atoms with Crippen molar-refractivity contribution in [1.29, 1.82) is 0 Å². The largest absolute Gasteiger partial charge is 0.469 e. The molecule has 9 nitrogen and oxygen atoms in total. The molecule has 0 aliphatic heterocycles. The number of hydrogen-bond acceptors (Lipinski definition) is 7. The number of unbranched alkanes of at least 4 members (excludes halogenated alkanes) is 2. The molecule has 0 fully saturated rings. The number of ether oxygens (including phenoxy) is 2. The third-order valence-corrected chi connectivity index (χ3v) is 7.58. The minimum absolute atomic E-state index is 0.0746. The van der Waals surface area contributed by atoms with Crippen molar-refractivity contribution in [3.05, 3.63) is 122 Å². The SMILES string of the molecule is CC/C=C\C/C=C\C/C=C\C/C=C\C/C=C\C=C/C(O)CCC(=O)O[C@H](COC(=O)CCCC/C=C\C/C=C\C/C=C\C/C=C\CC)COP(=O)(O)O. The average molecular weight is 757 g/mol. The highest BCUT2D eigenvalue weighted by Gasteiger charge is 2.23. The molecule has 10 heteroatoms. The molecular formula is C43H65O9P. The van der Waals surface area contributed by atoms with Crippen molar-refractivity contribution in [2.75, 3.05) is 13.2 Å². The molecule has 2 atom stereocenters. The minimum atomic E-state index is -4.84. The number of aliphatic hydroxyl groups excluding tert-OH is 1. The van der Waals surface area contributed by atoms with Crippen molar-refractivity contribution >= 4 is 19.8 Å². The molecule has 0 aliphatic carbocycles. The van der Waals surface area contributed by atoms with E-state index >= 15 is 0 Å². The van der Waals surface area contributed by atoms with Crippen molar-refractivity contribution in [2.24, 2.45) is 0 Å². The Balaban J connectivity index is 4.33. The lowest BCUT2D eigenvalue weighted by atomic mass is 10.2. The van der Waals surface area contributed by atoms with Gasteiger partial charge in [0, 0.05) is 12.8 Å². The van der Waals surface area contributed by atoms with E-state index in [0.717, 1.165) is 70.6 Å². The first-order valence-electron chi connectivity index (χ1n) is 18.9. The Hall–Kier alpha value is -3.59. The van der Waals surface area contributed by atoms with Crippen molar-refractivity contribution in [2.45, 2.75) is 122 Å². The van der Waals surface area contributed by atoms with Gasteiger partial charge in [-0.2, -0.15) is 0 Å². The molecule has 0 saturated carbocycles. The van der Waals surface area contributed by atoms with Crippen molar-refractivity contribution in [3.8, 4) is 0 Å². The van der Waals surface area contributed by atoms with E-state index in [9.17, 15) is 19.3 Å². The maximum Gasteiger partial charge on any atom is 0.469 e. The topological polar surface area (TPSA) is 140 Å². The summed E-state index contributed by atoms with van der Waals surface area (Å²) in [5.74, 6) is -1.23. The van der Waals surface area contributed by atoms with Crippen LogP contribution >= 0.6 is 7.82 Å². The number of phosphoric acid groups is 1. The zero-order chi connectivity index (χ0) is 39.1. The third kappa shape index (κ3) is 39.5. The van der Waals surface area contributed by atoms with Gasteiger partial charge in [-0.15, -0.1) is 0 Å². The number of esters is 2. The summed E-state index contributed by atoms with van der Waals surface area (Å²) in [6, 6.07) is 0. The summed E-state index contributed by atoms with van der Waals surface area (Å²) >= 11 is 0. The molecular weight excluding hydrogens is 691 g/mol. The van der Waals surface area contributed by atoms with E-state index < -0.39 is 45.2 Å². The number of aliphatic hydroxyl groups is 1. The highest BCUT2D eigenvalue weighted by Crippen LogP contribution is 2.35. The Bertz CT molecular complexity index is 1280. The van der Waals surface area contributed by atoms with Gasteiger partial charge in [0.2, 0.25) is 0 Å². The Morgan fingerprint density at radius 1 is 0.585 bits per heavy atom. The van der Waals surface area contributed by atoms with Crippen LogP contribution in [0, 0.1) is 0 Å². The van der Waals surface area contributed by atoms with Gasteiger partial charge in [0.15, 0.2) is 6.10 Å². The lowest BCUT2D eigenvalue weighted by Crippen LogP contribution is -2.29. The molecule has 0 aromatic rings. The van der Waals surface area contributed by atoms with E-state index in [1.165, 1.54) is 0 Å². The molecule has 0 amide bonds. The van der Waals surface area contributed by atoms with Crippen LogP contribution in [0.1, 0.15) is 110 Å². The molecule has 0 spiro atoms. The molecule has 0 aromatic heterocycles. The van der Waals surface area contributed by atoms with Crippen molar-refractivity contribution in [3.63, 3.8) is 0 Å². The van der Waals surface area contributed by atoms with E-state index in [-0.39, 0.29) is 19.3 Å². The fourth-order valence-electron chi connectivity index (χ4n) is 4.29. The van der Waals surface area contributed by atoms with E-state index in [4.69, 9.17) is 19.3 Å². The highest BCUT2D eigenvalue weighted by molar-refractivity contribution is 7.46. The van der Waals surface area contributed by atoms with Crippen molar-refractivity contribution < 1.29 is 43.0 Å². The number of rotatable bonds is 32. The summed E-state index contributed by atoms with van der Waals surface area (Å²) in [5.41, 5.74) is 0. The number of carbonyl (C=O) groups is 2. The van der Waals surface area contributed by atoms with Crippen LogP contribution in [-0.4, -0.2) is 52.3 Å². The maximum absolute atomic E-state index is 12.4. The zero-order valence-corrected chi connectivity index (χ0v) is 32.9. The van der Waals surface area contributed by atoms with Crippen LogP contribution in [0.25, 0.3) is 0 Å². The van der Waals surface area contributed by atoms with Crippen LogP contribution in [0.2, 0.25) is 0 Å². The fourth-order valence-corrected chi connectivity index (χ4v) is 4.65. The smallest absolute Gasteiger partial charge is 0.462 e. The van der Waals surface area contributed by atoms with Gasteiger partial charge in [0.1, 0.15) is 6.61 Å². The van der Waals surface area contributed by atoms with Crippen LogP contribution < -0.4 is 0 Å². The first kappa shape index (κ1) is 49.4. The third-order valence-electron chi connectivity index (χ3n) is 7.09. The lowest BCUT2D eigenvalue weighted by molar-refractivity contribution is -0.161. The summed E-state index contributed by atoms with van der Waals surface area (Å²) < 4.78 is 26.1. The molecule has 296 valence electrons. The second-order valence-corrected chi connectivity index (χ2v) is 13.2. The van der Waals surface area contributed by atoms with E-state index in [1.807, 2.05) is 12.2 Å². The normalized spacial score (nSPS) is 14.4. The van der Waals surface area contributed by atoms with Crippen molar-refractivity contribution in [1.82, 2.24) is 0 Å². The van der Waals surface area contributed by atoms with E-state index in [0.29, 0.717) is 6.42 Å². The van der Waals surface area contributed by atoms with Gasteiger partial charge in [-0.05, 0) is 83.5 Å². The summed E-state index contributed by atoms with van der Waals surface area (Å²) in [6.07, 6.45) is 49.7. The molecule has 3 N–H and O–H groups in total. The number of phosphoric ester groups is 1. The van der Waals surface area contributed by atoms with E-state index in [2.05, 4.69) is 116 Å². The maximum atomic E-state index is 12.4. The molecule has 1 unspecified atom stereocenters. The monoisotopic (exact) mass is 756 g/mol. The number of hydrogen-bond donors (Lipinski definition) is 3. The zero-order valence-electron chi connectivity index (χ0n) is 32.0. The quantitative estimate of drug-likeness (QED) is 0.0201. The number of carbonyl (C=O) groups excluding carboxylic acids is 2. The summed E-state index contributed by atoms with van der Waals surface area (Å²) in [6.45, 7) is 3.18. The van der Waals surface area contributed by atoms with Crippen LogP contribution in [0.4, 0.5) is 0 Å². The van der Waals surface area contributed by atoms with Gasteiger partial charge in [-0.25, -0.2) is 4.57 Å². The van der Waals surface area contributed by atoms with Gasteiger partial charge in [-0.1, -0.05) is 135 Å². The molecule has 0 heterocycles. The van der Waals surface area contributed by atoms with Gasteiger partial charge < -0.3 is 24.4 Å².